The maximum absolute atomic E-state index is 5.66. The lowest BCUT2D eigenvalue weighted by Gasteiger charge is -2.12. The van der Waals surface area contributed by atoms with Crippen molar-refractivity contribution < 1.29 is 4.74 Å². The van der Waals surface area contributed by atoms with Crippen LogP contribution < -0.4 is 15.4 Å². The molecule has 0 amide bonds. The van der Waals surface area contributed by atoms with Gasteiger partial charge < -0.3 is 15.4 Å². The van der Waals surface area contributed by atoms with Gasteiger partial charge in [-0.25, -0.2) is 4.68 Å². The molecule has 0 bridgehead atoms. The molecule has 1 aromatic heterocycles. The van der Waals surface area contributed by atoms with Crippen LogP contribution in [-0.4, -0.2) is 42.5 Å². The second kappa shape index (κ2) is 10.0. The Morgan fingerprint density at radius 2 is 1.78 bits per heavy atom. The van der Waals surface area contributed by atoms with Gasteiger partial charge >= 0.3 is 0 Å². The standard InChI is InChI=1S/C21H25N5O/c1-22-21(24-15-17-27-20-6-3-2-4-7-20)23-14-12-18-8-10-19(11-9-18)26-16-5-13-25-26/h2-11,13,16H,12,14-15,17H2,1H3,(H2,22,23,24). The van der Waals surface area contributed by atoms with E-state index in [1.54, 1.807) is 13.2 Å². The van der Waals surface area contributed by atoms with Crippen molar-refractivity contribution in [2.24, 2.45) is 4.99 Å². The zero-order valence-corrected chi connectivity index (χ0v) is 15.5. The third kappa shape index (κ3) is 5.88. The Hall–Kier alpha value is -3.28. The summed E-state index contributed by atoms with van der Waals surface area (Å²) in [6, 6.07) is 20.1. The van der Waals surface area contributed by atoms with E-state index < -0.39 is 0 Å². The third-order valence-corrected chi connectivity index (χ3v) is 4.04. The highest BCUT2D eigenvalue weighted by atomic mass is 16.5. The van der Waals surface area contributed by atoms with Gasteiger partial charge in [-0.2, -0.15) is 5.10 Å². The molecule has 0 atom stereocenters. The minimum Gasteiger partial charge on any atom is -0.492 e. The van der Waals surface area contributed by atoms with E-state index in [0.717, 1.165) is 30.4 Å². The minimum atomic E-state index is 0.583. The van der Waals surface area contributed by atoms with Gasteiger partial charge in [0.2, 0.25) is 0 Å². The second-order valence-corrected chi connectivity index (χ2v) is 5.95. The van der Waals surface area contributed by atoms with Gasteiger partial charge in [-0.3, -0.25) is 4.99 Å². The van der Waals surface area contributed by atoms with E-state index in [9.17, 15) is 0 Å². The Kier molecular flexibility index (Phi) is 6.86. The summed E-state index contributed by atoms with van der Waals surface area (Å²) in [5.41, 5.74) is 2.33. The number of guanidine groups is 1. The molecule has 6 nitrogen and oxygen atoms in total. The fraction of sp³-hybridized carbons (Fsp3) is 0.238. The Morgan fingerprint density at radius 3 is 2.48 bits per heavy atom. The zero-order valence-electron chi connectivity index (χ0n) is 15.5. The first-order valence-electron chi connectivity index (χ1n) is 9.06. The Balaban J connectivity index is 1.35. The van der Waals surface area contributed by atoms with E-state index >= 15 is 0 Å². The van der Waals surface area contributed by atoms with Crippen molar-refractivity contribution in [3.8, 4) is 11.4 Å². The number of nitrogens with zero attached hydrogens (tertiary/aromatic N) is 3. The predicted octanol–water partition coefficient (Wildman–Crippen LogP) is 2.66. The summed E-state index contributed by atoms with van der Waals surface area (Å²) in [6.45, 7) is 2.08. The van der Waals surface area contributed by atoms with Crippen LogP contribution in [0.25, 0.3) is 5.69 Å². The summed E-state index contributed by atoms with van der Waals surface area (Å²) in [5, 5.41) is 10.8. The first-order chi connectivity index (χ1) is 13.3. The van der Waals surface area contributed by atoms with Crippen molar-refractivity contribution in [1.82, 2.24) is 20.4 Å². The van der Waals surface area contributed by atoms with E-state index in [2.05, 4.69) is 45.0 Å². The van der Waals surface area contributed by atoms with E-state index in [-0.39, 0.29) is 0 Å². The lowest BCUT2D eigenvalue weighted by atomic mass is 10.1. The summed E-state index contributed by atoms with van der Waals surface area (Å²) in [5.74, 6) is 1.65. The topological polar surface area (TPSA) is 63.5 Å². The molecule has 1 heterocycles. The SMILES string of the molecule is CN=C(NCCOc1ccccc1)NCCc1ccc(-n2cccn2)cc1. The maximum Gasteiger partial charge on any atom is 0.191 e. The first kappa shape index (κ1) is 18.5. The number of aromatic nitrogens is 2. The van der Waals surface area contributed by atoms with Crippen molar-refractivity contribution in [3.05, 3.63) is 78.6 Å². The van der Waals surface area contributed by atoms with Crippen molar-refractivity contribution in [3.63, 3.8) is 0 Å². The number of hydrogen-bond donors (Lipinski definition) is 2. The lowest BCUT2D eigenvalue weighted by molar-refractivity contribution is 0.322. The van der Waals surface area contributed by atoms with Gasteiger partial charge in [0.1, 0.15) is 12.4 Å². The maximum atomic E-state index is 5.66. The summed E-state index contributed by atoms with van der Waals surface area (Å²) in [6.07, 6.45) is 4.63. The number of para-hydroxylation sites is 1. The summed E-state index contributed by atoms with van der Waals surface area (Å²) in [4.78, 5) is 4.24. The minimum absolute atomic E-state index is 0.583. The summed E-state index contributed by atoms with van der Waals surface area (Å²) < 4.78 is 7.52. The van der Waals surface area contributed by atoms with Gasteiger partial charge in [0, 0.05) is 26.0 Å². The van der Waals surface area contributed by atoms with Crippen LogP contribution in [-0.2, 0) is 6.42 Å². The molecule has 3 rings (SSSR count). The second-order valence-electron chi connectivity index (χ2n) is 5.95. The highest BCUT2D eigenvalue weighted by Crippen LogP contribution is 2.09. The number of rotatable bonds is 8. The van der Waals surface area contributed by atoms with Crippen LogP contribution in [0, 0.1) is 0 Å². The van der Waals surface area contributed by atoms with Crippen molar-refractivity contribution in [2.75, 3.05) is 26.7 Å². The van der Waals surface area contributed by atoms with Crippen LogP contribution >= 0.6 is 0 Å². The van der Waals surface area contributed by atoms with Crippen LogP contribution in [0.3, 0.4) is 0 Å². The van der Waals surface area contributed by atoms with Gasteiger partial charge in [0.15, 0.2) is 5.96 Å². The van der Waals surface area contributed by atoms with Crippen LogP contribution in [0.5, 0.6) is 5.75 Å². The molecule has 0 saturated heterocycles. The quantitative estimate of drug-likeness (QED) is 0.367. The van der Waals surface area contributed by atoms with Gasteiger partial charge in [0.05, 0.1) is 12.2 Å². The summed E-state index contributed by atoms with van der Waals surface area (Å²) in [7, 11) is 1.77. The van der Waals surface area contributed by atoms with Crippen LogP contribution in [0.4, 0.5) is 0 Å². The molecule has 140 valence electrons. The van der Waals surface area contributed by atoms with Gasteiger partial charge in [-0.1, -0.05) is 30.3 Å². The first-order valence-corrected chi connectivity index (χ1v) is 9.06. The van der Waals surface area contributed by atoms with Crippen molar-refractivity contribution in [1.29, 1.82) is 0 Å². The van der Waals surface area contributed by atoms with Gasteiger partial charge in [0.25, 0.3) is 0 Å². The highest BCUT2D eigenvalue weighted by Gasteiger charge is 2.00. The molecule has 0 saturated carbocycles. The number of aliphatic imine (C=N–C) groups is 1. The monoisotopic (exact) mass is 363 g/mol. The van der Waals surface area contributed by atoms with Crippen molar-refractivity contribution in [2.45, 2.75) is 6.42 Å². The lowest BCUT2D eigenvalue weighted by Crippen LogP contribution is -2.40. The molecule has 0 aliphatic rings. The molecule has 27 heavy (non-hydrogen) atoms. The number of hydrogen-bond acceptors (Lipinski definition) is 3. The average Bonchev–Trinajstić information content (AvgIpc) is 3.26. The Morgan fingerprint density at radius 1 is 1.00 bits per heavy atom. The van der Waals surface area contributed by atoms with Crippen molar-refractivity contribution >= 4 is 5.96 Å². The Bertz CT molecular complexity index is 814. The molecule has 2 aromatic carbocycles. The fourth-order valence-electron chi connectivity index (χ4n) is 2.64. The largest absolute Gasteiger partial charge is 0.492 e. The van der Waals surface area contributed by atoms with E-state index in [4.69, 9.17) is 4.74 Å². The molecule has 0 aliphatic carbocycles. The molecule has 0 radical (unpaired) electrons. The van der Waals surface area contributed by atoms with Crippen LogP contribution in [0.2, 0.25) is 0 Å². The number of ether oxygens (including phenoxy) is 1. The smallest absolute Gasteiger partial charge is 0.191 e. The fourth-order valence-corrected chi connectivity index (χ4v) is 2.64. The molecular weight excluding hydrogens is 338 g/mol. The third-order valence-electron chi connectivity index (χ3n) is 4.04. The van der Waals surface area contributed by atoms with E-state index in [1.807, 2.05) is 47.3 Å². The number of nitrogens with one attached hydrogen (secondary N) is 2. The normalized spacial score (nSPS) is 11.2. The van der Waals surface area contributed by atoms with Gasteiger partial charge in [-0.15, -0.1) is 0 Å². The molecule has 6 heteroatoms. The van der Waals surface area contributed by atoms with E-state index in [1.165, 1.54) is 5.56 Å². The molecule has 0 aliphatic heterocycles. The molecule has 3 aromatic rings. The molecular formula is C21H25N5O. The highest BCUT2D eigenvalue weighted by molar-refractivity contribution is 5.79. The average molecular weight is 363 g/mol. The number of benzene rings is 2. The molecule has 0 spiro atoms. The van der Waals surface area contributed by atoms with E-state index in [0.29, 0.717) is 13.2 Å². The zero-order chi connectivity index (χ0) is 18.7. The Labute approximate surface area is 159 Å². The van der Waals surface area contributed by atoms with Crippen LogP contribution in [0.15, 0.2) is 78.0 Å². The van der Waals surface area contributed by atoms with Crippen LogP contribution in [0.1, 0.15) is 5.56 Å². The van der Waals surface area contributed by atoms with Gasteiger partial charge in [-0.05, 0) is 42.3 Å². The molecule has 2 N–H and O–H groups in total. The molecule has 0 fully saturated rings. The summed E-state index contributed by atoms with van der Waals surface area (Å²) >= 11 is 0. The molecule has 0 unspecified atom stereocenters. The predicted molar refractivity (Wildman–Crippen MR) is 109 cm³/mol.